The van der Waals surface area contributed by atoms with E-state index in [1.807, 2.05) is 0 Å². The monoisotopic (exact) mass is 344 g/mol. The van der Waals surface area contributed by atoms with Crippen molar-refractivity contribution in [3.63, 3.8) is 0 Å². The average molecular weight is 344 g/mol. The van der Waals surface area contributed by atoms with Crippen LogP contribution in [-0.2, 0) is 16.1 Å². The molecule has 0 bridgehead atoms. The van der Waals surface area contributed by atoms with E-state index in [4.69, 9.17) is 9.47 Å². The molecule has 3 rings (SSSR count). The number of hydrogen-bond acceptors (Lipinski definition) is 4. The van der Waals surface area contributed by atoms with Gasteiger partial charge in [0.2, 0.25) is 18.6 Å². The molecule has 0 radical (unpaired) electrons. The lowest BCUT2D eigenvalue weighted by Crippen LogP contribution is -2.36. The molecular formula is C18H17FN2O4. The Hall–Kier alpha value is -3.09. The molecule has 0 aliphatic carbocycles. The van der Waals surface area contributed by atoms with Crippen LogP contribution in [0.15, 0.2) is 42.5 Å². The SMILES string of the molecule is CC(=O)N(CC(=O)Nc1ccccc1F)Cc1ccc2c(c1)OCO2. The van der Waals surface area contributed by atoms with Gasteiger partial charge in [0.05, 0.1) is 5.69 Å². The lowest BCUT2D eigenvalue weighted by molar-refractivity contribution is -0.133. The molecule has 2 amide bonds. The van der Waals surface area contributed by atoms with Gasteiger partial charge in [-0.2, -0.15) is 0 Å². The van der Waals surface area contributed by atoms with E-state index < -0.39 is 11.7 Å². The van der Waals surface area contributed by atoms with Gasteiger partial charge in [-0.15, -0.1) is 0 Å². The van der Waals surface area contributed by atoms with Gasteiger partial charge in [0.25, 0.3) is 0 Å². The van der Waals surface area contributed by atoms with Crippen LogP contribution >= 0.6 is 0 Å². The number of ether oxygens (including phenoxy) is 2. The fraction of sp³-hybridized carbons (Fsp3) is 0.222. The maximum atomic E-state index is 13.6. The summed E-state index contributed by atoms with van der Waals surface area (Å²) in [7, 11) is 0. The van der Waals surface area contributed by atoms with Crippen LogP contribution in [0.4, 0.5) is 10.1 Å². The zero-order chi connectivity index (χ0) is 17.8. The van der Waals surface area contributed by atoms with Gasteiger partial charge in [-0.25, -0.2) is 4.39 Å². The molecule has 1 N–H and O–H groups in total. The molecule has 0 unspecified atom stereocenters. The van der Waals surface area contributed by atoms with Crippen LogP contribution < -0.4 is 14.8 Å². The Bertz CT molecular complexity index is 809. The number of nitrogens with zero attached hydrogens (tertiary/aromatic N) is 1. The highest BCUT2D eigenvalue weighted by atomic mass is 19.1. The molecule has 2 aromatic rings. The number of carbonyl (C=O) groups is 2. The second-order valence-electron chi connectivity index (χ2n) is 5.59. The number of halogens is 1. The van der Waals surface area contributed by atoms with E-state index in [9.17, 15) is 14.0 Å². The normalized spacial score (nSPS) is 11.9. The number of hydrogen-bond donors (Lipinski definition) is 1. The first-order valence-corrected chi connectivity index (χ1v) is 7.71. The molecule has 7 heteroatoms. The highest BCUT2D eigenvalue weighted by Gasteiger charge is 2.18. The summed E-state index contributed by atoms with van der Waals surface area (Å²) >= 11 is 0. The molecule has 2 aromatic carbocycles. The van der Waals surface area contributed by atoms with E-state index in [-0.39, 0.29) is 31.5 Å². The van der Waals surface area contributed by atoms with Crippen LogP contribution in [0.1, 0.15) is 12.5 Å². The quantitative estimate of drug-likeness (QED) is 0.905. The van der Waals surface area contributed by atoms with Crippen molar-refractivity contribution >= 4 is 17.5 Å². The molecule has 0 spiro atoms. The smallest absolute Gasteiger partial charge is 0.244 e. The topological polar surface area (TPSA) is 67.9 Å². The highest BCUT2D eigenvalue weighted by Crippen LogP contribution is 2.32. The Kier molecular flexibility index (Phi) is 4.83. The lowest BCUT2D eigenvalue weighted by Gasteiger charge is -2.21. The fourth-order valence-corrected chi connectivity index (χ4v) is 2.46. The minimum atomic E-state index is -0.527. The van der Waals surface area contributed by atoms with Crippen LogP contribution in [0.25, 0.3) is 0 Å². The van der Waals surface area contributed by atoms with Gasteiger partial charge in [-0.05, 0) is 29.8 Å². The van der Waals surface area contributed by atoms with Crippen LogP contribution in [0, 0.1) is 5.82 Å². The van der Waals surface area contributed by atoms with Crippen molar-refractivity contribution in [2.24, 2.45) is 0 Å². The Balaban J connectivity index is 1.66. The number of carbonyl (C=O) groups excluding carboxylic acids is 2. The van der Waals surface area contributed by atoms with Gasteiger partial charge in [0.15, 0.2) is 11.5 Å². The molecule has 0 atom stereocenters. The predicted molar refractivity (Wildman–Crippen MR) is 88.7 cm³/mol. The number of benzene rings is 2. The zero-order valence-corrected chi connectivity index (χ0v) is 13.6. The third kappa shape index (κ3) is 4.06. The number of amides is 2. The van der Waals surface area contributed by atoms with Crippen molar-refractivity contribution in [1.29, 1.82) is 0 Å². The molecule has 0 aromatic heterocycles. The number of anilines is 1. The summed E-state index contributed by atoms with van der Waals surface area (Å²) < 4.78 is 24.2. The molecule has 130 valence electrons. The Morgan fingerprint density at radius 1 is 1.16 bits per heavy atom. The molecule has 25 heavy (non-hydrogen) atoms. The molecule has 6 nitrogen and oxygen atoms in total. The second-order valence-corrected chi connectivity index (χ2v) is 5.59. The molecule has 1 aliphatic rings. The van der Waals surface area contributed by atoms with Crippen LogP contribution in [0.5, 0.6) is 11.5 Å². The van der Waals surface area contributed by atoms with Crippen molar-refractivity contribution in [2.45, 2.75) is 13.5 Å². The average Bonchev–Trinajstić information content (AvgIpc) is 3.04. The fourth-order valence-electron chi connectivity index (χ4n) is 2.46. The van der Waals surface area contributed by atoms with Crippen molar-refractivity contribution in [3.8, 4) is 11.5 Å². The van der Waals surface area contributed by atoms with Gasteiger partial charge in [0.1, 0.15) is 12.4 Å². The molecule has 0 saturated carbocycles. The summed E-state index contributed by atoms with van der Waals surface area (Å²) in [6, 6.07) is 11.2. The zero-order valence-electron chi connectivity index (χ0n) is 13.6. The van der Waals surface area contributed by atoms with E-state index >= 15 is 0 Å². The molecule has 0 fully saturated rings. The standard InChI is InChI=1S/C18H17FN2O4/c1-12(22)21(9-13-6-7-16-17(8-13)25-11-24-16)10-18(23)20-15-5-3-2-4-14(15)19/h2-8H,9-11H2,1H3,(H,20,23). The van der Waals surface area contributed by atoms with E-state index in [2.05, 4.69) is 5.32 Å². The summed E-state index contributed by atoms with van der Waals surface area (Å²) in [5.74, 6) is -0.00405. The molecule has 0 saturated heterocycles. The first-order chi connectivity index (χ1) is 12.0. The third-order valence-electron chi connectivity index (χ3n) is 3.74. The van der Waals surface area contributed by atoms with Crippen LogP contribution in [0.3, 0.4) is 0 Å². The minimum absolute atomic E-state index is 0.0825. The van der Waals surface area contributed by atoms with Gasteiger partial charge in [0, 0.05) is 13.5 Å². The molecule has 1 heterocycles. The van der Waals surface area contributed by atoms with Gasteiger partial charge in [-0.1, -0.05) is 18.2 Å². The van der Waals surface area contributed by atoms with Crippen LogP contribution in [0.2, 0.25) is 0 Å². The Labute approximate surface area is 144 Å². The summed E-state index contributed by atoms with van der Waals surface area (Å²) in [6.45, 7) is 1.60. The first-order valence-electron chi connectivity index (χ1n) is 7.71. The summed E-state index contributed by atoms with van der Waals surface area (Å²) in [5.41, 5.74) is 0.886. The summed E-state index contributed by atoms with van der Waals surface area (Å²) in [4.78, 5) is 25.4. The van der Waals surface area contributed by atoms with Crippen LogP contribution in [-0.4, -0.2) is 30.1 Å². The van der Waals surface area contributed by atoms with Crippen molar-refractivity contribution in [3.05, 3.63) is 53.8 Å². The van der Waals surface area contributed by atoms with Gasteiger partial charge < -0.3 is 19.7 Å². The van der Waals surface area contributed by atoms with Crippen molar-refractivity contribution in [2.75, 3.05) is 18.7 Å². The van der Waals surface area contributed by atoms with E-state index in [1.165, 1.54) is 30.0 Å². The highest BCUT2D eigenvalue weighted by molar-refractivity contribution is 5.94. The third-order valence-corrected chi connectivity index (χ3v) is 3.74. The first kappa shape index (κ1) is 16.8. The van der Waals surface area contributed by atoms with Gasteiger partial charge >= 0.3 is 0 Å². The van der Waals surface area contributed by atoms with E-state index in [0.29, 0.717) is 11.5 Å². The number of para-hydroxylation sites is 1. The Morgan fingerprint density at radius 3 is 2.68 bits per heavy atom. The number of fused-ring (bicyclic) bond motifs is 1. The predicted octanol–water partition coefficient (Wildman–Crippen LogP) is 2.54. The maximum absolute atomic E-state index is 13.6. The largest absolute Gasteiger partial charge is 0.454 e. The lowest BCUT2D eigenvalue weighted by atomic mass is 10.2. The molecular weight excluding hydrogens is 327 g/mol. The number of nitrogens with one attached hydrogen (secondary N) is 1. The molecule has 1 aliphatic heterocycles. The maximum Gasteiger partial charge on any atom is 0.244 e. The summed E-state index contributed by atoms with van der Waals surface area (Å²) in [6.07, 6.45) is 0. The van der Waals surface area contributed by atoms with E-state index in [1.54, 1.807) is 24.3 Å². The second kappa shape index (κ2) is 7.21. The Morgan fingerprint density at radius 2 is 1.92 bits per heavy atom. The van der Waals surface area contributed by atoms with Crippen molar-refractivity contribution in [1.82, 2.24) is 4.90 Å². The summed E-state index contributed by atoms with van der Waals surface area (Å²) in [5, 5.41) is 2.47. The number of rotatable bonds is 5. The minimum Gasteiger partial charge on any atom is -0.454 e. The van der Waals surface area contributed by atoms with Gasteiger partial charge in [-0.3, -0.25) is 9.59 Å². The van der Waals surface area contributed by atoms with Crippen molar-refractivity contribution < 1.29 is 23.5 Å². The van der Waals surface area contributed by atoms with E-state index in [0.717, 1.165) is 5.56 Å².